The van der Waals surface area contributed by atoms with Crippen LogP contribution in [-0.2, 0) is 16.9 Å². The fraction of sp³-hybridized carbons (Fsp3) is 0.333. The van der Waals surface area contributed by atoms with Crippen molar-refractivity contribution >= 4 is 11.7 Å². The Hall–Kier alpha value is -2.60. The molecule has 6 nitrogen and oxygen atoms in total. The zero-order valence-electron chi connectivity index (χ0n) is 13.5. The lowest BCUT2D eigenvalue weighted by atomic mass is 9.92. The summed E-state index contributed by atoms with van der Waals surface area (Å²) in [5, 5.41) is 2.88. The Labute approximate surface area is 140 Å². The number of rotatable bonds is 2. The van der Waals surface area contributed by atoms with E-state index >= 15 is 0 Å². The summed E-state index contributed by atoms with van der Waals surface area (Å²) in [6.07, 6.45) is 2.43. The van der Waals surface area contributed by atoms with Crippen LogP contribution in [0.25, 0.3) is 0 Å². The van der Waals surface area contributed by atoms with Crippen LogP contribution in [0.5, 0.6) is 5.88 Å². The van der Waals surface area contributed by atoms with Gasteiger partial charge in [-0.25, -0.2) is 9.78 Å². The standard InChI is InChI=1S/C18H19N3O3/c1-23-16-15(7-4-9-19-16)20-17(22)21-10-8-18(12-21)14-6-3-2-5-13(14)11-24-18/h2-7,9H,8,10-12H2,1H3,(H,20,22). The molecule has 2 aromatic rings. The third kappa shape index (κ3) is 2.39. The topological polar surface area (TPSA) is 63.7 Å². The summed E-state index contributed by atoms with van der Waals surface area (Å²) in [5.41, 5.74) is 2.62. The molecular weight excluding hydrogens is 306 g/mol. The molecule has 1 spiro atoms. The number of fused-ring (bicyclic) bond motifs is 2. The van der Waals surface area contributed by atoms with Gasteiger partial charge in [-0.1, -0.05) is 24.3 Å². The van der Waals surface area contributed by atoms with Crippen molar-refractivity contribution in [1.29, 1.82) is 0 Å². The number of pyridine rings is 1. The van der Waals surface area contributed by atoms with Crippen LogP contribution in [0.4, 0.5) is 10.5 Å². The molecular formula is C18H19N3O3. The highest BCUT2D eigenvalue weighted by Gasteiger charge is 2.46. The first kappa shape index (κ1) is 15.0. The van der Waals surface area contributed by atoms with Gasteiger partial charge in [0.25, 0.3) is 0 Å². The quantitative estimate of drug-likeness (QED) is 0.922. The van der Waals surface area contributed by atoms with Gasteiger partial charge in [0.05, 0.1) is 20.3 Å². The molecule has 4 rings (SSSR count). The summed E-state index contributed by atoms with van der Waals surface area (Å²) in [4.78, 5) is 18.5. The summed E-state index contributed by atoms with van der Waals surface area (Å²) in [6.45, 7) is 1.82. The number of amides is 2. The normalized spacial score (nSPS) is 21.8. The number of carbonyl (C=O) groups excluding carboxylic acids is 1. The van der Waals surface area contributed by atoms with Crippen molar-refractivity contribution in [2.45, 2.75) is 18.6 Å². The highest BCUT2D eigenvalue weighted by Crippen LogP contribution is 2.43. The van der Waals surface area contributed by atoms with Crippen molar-refractivity contribution in [2.24, 2.45) is 0 Å². The fourth-order valence-electron chi connectivity index (χ4n) is 3.52. The Morgan fingerprint density at radius 1 is 1.33 bits per heavy atom. The molecule has 1 aromatic heterocycles. The zero-order valence-corrected chi connectivity index (χ0v) is 13.5. The number of urea groups is 1. The largest absolute Gasteiger partial charge is 0.480 e. The van der Waals surface area contributed by atoms with Crippen LogP contribution in [0.2, 0.25) is 0 Å². The Bertz CT molecular complexity index is 780. The summed E-state index contributed by atoms with van der Waals surface area (Å²) in [7, 11) is 1.53. The van der Waals surface area contributed by atoms with Crippen molar-refractivity contribution in [2.75, 3.05) is 25.5 Å². The third-order valence-corrected chi connectivity index (χ3v) is 4.74. The number of hydrogen-bond donors (Lipinski definition) is 1. The number of carbonyl (C=O) groups is 1. The average molecular weight is 325 g/mol. The van der Waals surface area contributed by atoms with E-state index in [9.17, 15) is 4.79 Å². The van der Waals surface area contributed by atoms with E-state index in [2.05, 4.69) is 22.4 Å². The second-order valence-corrected chi connectivity index (χ2v) is 6.10. The van der Waals surface area contributed by atoms with E-state index in [1.807, 2.05) is 12.1 Å². The number of hydrogen-bond acceptors (Lipinski definition) is 4. The molecule has 24 heavy (non-hydrogen) atoms. The Morgan fingerprint density at radius 3 is 3.08 bits per heavy atom. The van der Waals surface area contributed by atoms with Gasteiger partial charge in [0, 0.05) is 19.2 Å². The molecule has 1 saturated heterocycles. The average Bonchev–Trinajstić information content (AvgIpc) is 3.21. The van der Waals surface area contributed by atoms with Gasteiger partial charge >= 0.3 is 6.03 Å². The van der Waals surface area contributed by atoms with E-state index in [1.54, 1.807) is 23.2 Å². The maximum atomic E-state index is 12.6. The molecule has 2 aliphatic heterocycles. The minimum absolute atomic E-state index is 0.161. The van der Waals surface area contributed by atoms with E-state index in [0.29, 0.717) is 31.3 Å². The molecule has 0 bridgehead atoms. The van der Waals surface area contributed by atoms with Gasteiger partial charge in [0.1, 0.15) is 11.3 Å². The van der Waals surface area contributed by atoms with Crippen LogP contribution >= 0.6 is 0 Å². The zero-order chi connectivity index (χ0) is 16.6. The van der Waals surface area contributed by atoms with Crippen LogP contribution in [-0.4, -0.2) is 36.1 Å². The van der Waals surface area contributed by atoms with Crippen molar-refractivity contribution in [3.05, 3.63) is 53.7 Å². The van der Waals surface area contributed by atoms with E-state index in [4.69, 9.17) is 9.47 Å². The van der Waals surface area contributed by atoms with Crippen molar-refractivity contribution in [3.8, 4) is 5.88 Å². The van der Waals surface area contributed by atoms with Crippen molar-refractivity contribution in [1.82, 2.24) is 9.88 Å². The molecule has 124 valence electrons. The number of aromatic nitrogens is 1. The summed E-state index contributed by atoms with van der Waals surface area (Å²) >= 11 is 0. The van der Waals surface area contributed by atoms with E-state index < -0.39 is 0 Å². The minimum atomic E-state index is -0.368. The van der Waals surface area contributed by atoms with Crippen LogP contribution in [0.3, 0.4) is 0 Å². The van der Waals surface area contributed by atoms with Gasteiger partial charge in [-0.15, -0.1) is 0 Å². The van der Waals surface area contributed by atoms with Gasteiger partial charge in [-0.05, 0) is 23.3 Å². The predicted molar refractivity (Wildman–Crippen MR) is 88.9 cm³/mol. The number of ether oxygens (including phenoxy) is 2. The smallest absolute Gasteiger partial charge is 0.322 e. The lowest BCUT2D eigenvalue weighted by Crippen LogP contribution is -2.37. The molecule has 1 N–H and O–H groups in total. The first-order valence-electron chi connectivity index (χ1n) is 7.99. The third-order valence-electron chi connectivity index (χ3n) is 4.74. The summed E-state index contributed by atoms with van der Waals surface area (Å²) in [6, 6.07) is 11.6. The van der Waals surface area contributed by atoms with Crippen molar-refractivity contribution in [3.63, 3.8) is 0 Å². The molecule has 6 heteroatoms. The van der Waals surface area contributed by atoms with Crippen LogP contribution in [0, 0.1) is 0 Å². The minimum Gasteiger partial charge on any atom is -0.480 e. The molecule has 2 aliphatic rings. The lowest BCUT2D eigenvalue weighted by molar-refractivity contribution is -0.0269. The Morgan fingerprint density at radius 2 is 2.21 bits per heavy atom. The molecule has 0 radical (unpaired) electrons. The number of anilines is 1. The molecule has 1 atom stereocenters. The Balaban J connectivity index is 1.50. The number of benzene rings is 1. The van der Waals surface area contributed by atoms with Crippen molar-refractivity contribution < 1.29 is 14.3 Å². The van der Waals surface area contributed by atoms with Crippen LogP contribution in [0.15, 0.2) is 42.6 Å². The second kappa shape index (κ2) is 5.79. The predicted octanol–water partition coefficient (Wildman–Crippen LogP) is 2.75. The maximum Gasteiger partial charge on any atom is 0.322 e. The SMILES string of the molecule is COc1ncccc1NC(=O)N1CCC2(C1)OCc1ccccc12. The lowest BCUT2D eigenvalue weighted by Gasteiger charge is -2.25. The van der Waals surface area contributed by atoms with Gasteiger partial charge < -0.3 is 19.7 Å². The number of nitrogens with one attached hydrogen (secondary N) is 1. The van der Waals surface area contributed by atoms with E-state index in [-0.39, 0.29) is 11.6 Å². The van der Waals surface area contributed by atoms with Crippen LogP contribution in [0.1, 0.15) is 17.5 Å². The van der Waals surface area contributed by atoms with Gasteiger partial charge in [0.15, 0.2) is 0 Å². The van der Waals surface area contributed by atoms with Gasteiger partial charge in [-0.3, -0.25) is 0 Å². The van der Waals surface area contributed by atoms with Gasteiger partial charge in [0.2, 0.25) is 5.88 Å². The van der Waals surface area contributed by atoms with Crippen LogP contribution < -0.4 is 10.1 Å². The van der Waals surface area contributed by atoms with E-state index in [0.717, 1.165) is 6.42 Å². The number of methoxy groups -OCH3 is 1. The molecule has 1 aromatic carbocycles. The number of nitrogens with zero attached hydrogens (tertiary/aromatic N) is 2. The molecule has 3 heterocycles. The van der Waals surface area contributed by atoms with E-state index in [1.165, 1.54) is 18.2 Å². The maximum absolute atomic E-state index is 12.6. The highest BCUT2D eigenvalue weighted by atomic mass is 16.5. The fourth-order valence-corrected chi connectivity index (χ4v) is 3.52. The number of likely N-dealkylation sites (tertiary alicyclic amines) is 1. The summed E-state index contributed by atoms with van der Waals surface area (Å²) in [5.74, 6) is 0.405. The second-order valence-electron chi connectivity index (χ2n) is 6.10. The molecule has 2 amide bonds. The molecule has 0 aliphatic carbocycles. The van der Waals surface area contributed by atoms with Gasteiger partial charge in [-0.2, -0.15) is 0 Å². The first-order chi connectivity index (χ1) is 11.7. The molecule has 0 saturated carbocycles. The monoisotopic (exact) mass is 325 g/mol. The first-order valence-corrected chi connectivity index (χ1v) is 7.99. The molecule has 1 fully saturated rings. The summed E-state index contributed by atoms with van der Waals surface area (Å²) < 4.78 is 11.3. The molecule has 1 unspecified atom stereocenters. The Kier molecular flexibility index (Phi) is 3.61. The highest BCUT2D eigenvalue weighted by molar-refractivity contribution is 5.90.